The fourth-order valence-corrected chi connectivity index (χ4v) is 8.52. The molecule has 0 unspecified atom stereocenters. The van der Waals surface area contributed by atoms with Gasteiger partial charge >= 0.3 is 0 Å². The van der Waals surface area contributed by atoms with Gasteiger partial charge in [0.05, 0.1) is 39.3 Å². The van der Waals surface area contributed by atoms with Gasteiger partial charge in [-0.1, -0.05) is 117 Å². The lowest BCUT2D eigenvalue weighted by atomic mass is 9.81. The molecular weight excluding hydrogens is 548 g/mol. The maximum atomic E-state index is 5.37. The molecule has 2 aromatic heterocycles. The first kappa shape index (κ1) is 23.7. The number of benzene rings is 6. The number of anilines is 3. The van der Waals surface area contributed by atoms with E-state index in [2.05, 4.69) is 145 Å². The van der Waals surface area contributed by atoms with Crippen LogP contribution >= 0.6 is 0 Å². The van der Waals surface area contributed by atoms with E-state index in [1.54, 1.807) is 0 Å². The molecule has 0 amide bonds. The molecule has 11 rings (SSSR count). The SMILES string of the molecule is CC1(C)c2cccc3c2-c2c1ccc1c4cccc5c4n(c21)-c1c-3cccc1N5c1nc(-c2ccccc2)c2ccccc2n1. The lowest BCUT2D eigenvalue weighted by molar-refractivity contribution is 0.661. The van der Waals surface area contributed by atoms with Gasteiger partial charge in [0, 0.05) is 38.3 Å². The molecule has 4 heteroatoms. The Hall–Kier alpha value is -5.74. The highest BCUT2D eigenvalue weighted by Crippen LogP contribution is 2.61. The van der Waals surface area contributed by atoms with Crippen molar-refractivity contribution in [3.63, 3.8) is 0 Å². The van der Waals surface area contributed by atoms with E-state index < -0.39 is 0 Å². The average Bonchev–Trinajstić information content (AvgIpc) is 3.49. The number of nitrogens with zero attached hydrogens (tertiary/aromatic N) is 4. The summed E-state index contributed by atoms with van der Waals surface area (Å²) in [5.74, 6) is 0.678. The Balaban J connectivity index is 1.33. The van der Waals surface area contributed by atoms with Crippen molar-refractivity contribution in [2.75, 3.05) is 4.90 Å². The van der Waals surface area contributed by atoms with Gasteiger partial charge in [-0.2, -0.15) is 0 Å². The zero-order valence-electron chi connectivity index (χ0n) is 24.8. The van der Waals surface area contributed by atoms with Crippen molar-refractivity contribution in [3.05, 3.63) is 132 Å². The number of hydrogen-bond acceptors (Lipinski definition) is 3. The topological polar surface area (TPSA) is 34.0 Å². The minimum atomic E-state index is -0.0724. The summed E-state index contributed by atoms with van der Waals surface area (Å²) >= 11 is 0. The molecule has 8 aromatic rings. The van der Waals surface area contributed by atoms with Gasteiger partial charge < -0.3 is 4.57 Å². The first-order valence-corrected chi connectivity index (χ1v) is 15.6. The van der Waals surface area contributed by atoms with Gasteiger partial charge in [-0.3, -0.25) is 4.90 Å². The highest BCUT2D eigenvalue weighted by atomic mass is 15.3. The zero-order valence-corrected chi connectivity index (χ0v) is 24.8. The predicted octanol–water partition coefficient (Wildman–Crippen LogP) is 10.5. The van der Waals surface area contributed by atoms with Crippen molar-refractivity contribution in [2.24, 2.45) is 0 Å². The molecule has 3 aliphatic rings. The van der Waals surface area contributed by atoms with Crippen molar-refractivity contribution < 1.29 is 0 Å². The van der Waals surface area contributed by atoms with Gasteiger partial charge in [0.2, 0.25) is 5.95 Å². The quantitative estimate of drug-likeness (QED) is 0.206. The smallest absolute Gasteiger partial charge is 0.235 e. The summed E-state index contributed by atoms with van der Waals surface area (Å²) in [6.07, 6.45) is 0. The number of fused-ring (bicyclic) bond motifs is 3. The number of rotatable bonds is 2. The monoisotopic (exact) mass is 574 g/mol. The van der Waals surface area contributed by atoms with Crippen molar-refractivity contribution in [3.8, 4) is 39.2 Å². The fourth-order valence-electron chi connectivity index (χ4n) is 8.52. The van der Waals surface area contributed by atoms with Gasteiger partial charge in [-0.05, 0) is 40.5 Å². The molecule has 0 radical (unpaired) electrons. The fraction of sp³-hybridized carbons (Fsp3) is 0.0732. The van der Waals surface area contributed by atoms with Crippen LogP contribution in [0.1, 0.15) is 25.0 Å². The summed E-state index contributed by atoms with van der Waals surface area (Å²) < 4.78 is 2.56. The summed E-state index contributed by atoms with van der Waals surface area (Å²) in [7, 11) is 0. The van der Waals surface area contributed by atoms with Crippen molar-refractivity contribution in [1.29, 1.82) is 0 Å². The lowest BCUT2D eigenvalue weighted by Crippen LogP contribution is -2.21. The van der Waals surface area contributed by atoms with Crippen LogP contribution in [0.2, 0.25) is 0 Å². The maximum absolute atomic E-state index is 5.37. The van der Waals surface area contributed by atoms with Crippen molar-refractivity contribution >= 4 is 50.0 Å². The molecule has 0 N–H and O–H groups in total. The Bertz CT molecular complexity index is 2630. The van der Waals surface area contributed by atoms with E-state index in [1.165, 1.54) is 60.9 Å². The van der Waals surface area contributed by atoms with E-state index in [-0.39, 0.29) is 5.41 Å². The van der Waals surface area contributed by atoms with Gasteiger partial charge in [-0.25, -0.2) is 9.97 Å². The summed E-state index contributed by atoms with van der Waals surface area (Å²) in [6, 6.07) is 43.9. The third-order valence-corrected chi connectivity index (χ3v) is 10.4. The second-order valence-corrected chi connectivity index (χ2v) is 13.0. The standard InChI is InChI=1S/C41H26N4/c1-41(2)29-17-8-14-24-25-15-9-19-32-37(25)45-38-26(27-21-22-30(41)35(34(24)29)39(27)45)16-10-20-33(38)44(32)40-42-31-18-7-6-13-28(31)36(43-40)23-11-4-3-5-12-23/h3-22H,1-2H3. The molecule has 0 saturated carbocycles. The number of para-hydroxylation sites is 3. The van der Waals surface area contributed by atoms with Gasteiger partial charge in [0.15, 0.2) is 0 Å². The van der Waals surface area contributed by atoms with Crippen LogP contribution in [0.25, 0.3) is 71.9 Å². The van der Waals surface area contributed by atoms with Gasteiger partial charge in [-0.15, -0.1) is 0 Å². The normalized spacial score (nSPS) is 14.6. The van der Waals surface area contributed by atoms with Crippen LogP contribution < -0.4 is 4.90 Å². The van der Waals surface area contributed by atoms with Gasteiger partial charge in [0.25, 0.3) is 0 Å². The van der Waals surface area contributed by atoms with Crippen molar-refractivity contribution in [1.82, 2.24) is 14.5 Å². The Morgan fingerprint density at radius 2 is 1.24 bits per heavy atom. The Kier molecular flexibility index (Phi) is 4.13. The molecule has 0 bridgehead atoms. The first-order chi connectivity index (χ1) is 22.1. The molecule has 6 aromatic carbocycles. The van der Waals surface area contributed by atoms with Crippen LogP contribution in [-0.2, 0) is 5.41 Å². The van der Waals surface area contributed by atoms with E-state index in [1.807, 2.05) is 0 Å². The lowest BCUT2D eigenvalue weighted by Gasteiger charge is -2.33. The molecule has 0 saturated heterocycles. The molecule has 1 aliphatic carbocycles. The third-order valence-electron chi connectivity index (χ3n) is 10.4. The largest absolute Gasteiger partial charge is 0.304 e. The molecule has 2 aliphatic heterocycles. The summed E-state index contributed by atoms with van der Waals surface area (Å²) in [5.41, 5.74) is 16.9. The molecular formula is C41H26N4. The summed E-state index contributed by atoms with van der Waals surface area (Å²) in [6.45, 7) is 4.75. The van der Waals surface area contributed by atoms with Crippen LogP contribution in [0.15, 0.2) is 121 Å². The predicted molar refractivity (Wildman–Crippen MR) is 184 cm³/mol. The molecule has 4 heterocycles. The van der Waals surface area contributed by atoms with E-state index in [4.69, 9.17) is 9.97 Å². The Labute approximate surface area is 259 Å². The molecule has 45 heavy (non-hydrogen) atoms. The molecule has 210 valence electrons. The molecule has 0 spiro atoms. The zero-order chi connectivity index (χ0) is 29.6. The van der Waals surface area contributed by atoms with Crippen LogP contribution in [0.5, 0.6) is 0 Å². The van der Waals surface area contributed by atoms with E-state index in [9.17, 15) is 0 Å². The van der Waals surface area contributed by atoms with E-state index in [0.29, 0.717) is 5.95 Å². The van der Waals surface area contributed by atoms with Crippen LogP contribution in [-0.4, -0.2) is 14.5 Å². The summed E-state index contributed by atoms with van der Waals surface area (Å²) in [4.78, 5) is 12.9. The first-order valence-electron chi connectivity index (χ1n) is 15.6. The second-order valence-electron chi connectivity index (χ2n) is 13.0. The average molecular weight is 575 g/mol. The number of hydrogen-bond donors (Lipinski definition) is 0. The summed E-state index contributed by atoms with van der Waals surface area (Å²) in [5, 5.41) is 3.59. The minimum Gasteiger partial charge on any atom is -0.304 e. The molecule has 4 nitrogen and oxygen atoms in total. The van der Waals surface area contributed by atoms with Crippen LogP contribution in [0, 0.1) is 0 Å². The minimum absolute atomic E-state index is 0.0724. The second kappa shape index (κ2) is 7.85. The van der Waals surface area contributed by atoms with Gasteiger partial charge in [0.1, 0.15) is 0 Å². The van der Waals surface area contributed by atoms with Crippen LogP contribution in [0.3, 0.4) is 0 Å². The molecule has 0 atom stereocenters. The van der Waals surface area contributed by atoms with E-state index >= 15 is 0 Å². The van der Waals surface area contributed by atoms with Crippen molar-refractivity contribution in [2.45, 2.75) is 19.3 Å². The number of aromatic nitrogens is 3. The van der Waals surface area contributed by atoms with E-state index in [0.717, 1.165) is 33.5 Å². The highest BCUT2D eigenvalue weighted by molar-refractivity contribution is 6.23. The Morgan fingerprint density at radius 1 is 0.533 bits per heavy atom. The molecule has 0 fully saturated rings. The third kappa shape index (κ3) is 2.71. The van der Waals surface area contributed by atoms with Crippen LogP contribution in [0.4, 0.5) is 17.3 Å². The maximum Gasteiger partial charge on any atom is 0.235 e. The Morgan fingerprint density at radius 3 is 2.16 bits per heavy atom. The highest BCUT2D eigenvalue weighted by Gasteiger charge is 2.43.